The van der Waals surface area contributed by atoms with Crippen molar-refractivity contribution in [1.29, 1.82) is 0 Å². The topological polar surface area (TPSA) is 36.9 Å². The van der Waals surface area contributed by atoms with E-state index in [0.29, 0.717) is 6.04 Å². The number of H-pyrrole nitrogens is 1. The van der Waals surface area contributed by atoms with Crippen molar-refractivity contribution < 1.29 is 0 Å². The Morgan fingerprint density at radius 1 is 1.25 bits per heavy atom. The molecule has 3 rings (SSSR count). The Labute approximate surface area is 126 Å². The number of nitrogens with zero attached hydrogens (tertiary/aromatic N) is 3. The van der Waals surface area contributed by atoms with Crippen molar-refractivity contribution in [1.82, 2.24) is 14.8 Å². The van der Waals surface area contributed by atoms with Crippen LogP contribution in [0.4, 0.5) is 5.95 Å². The lowest BCUT2D eigenvalue weighted by Crippen LogP contribution is -2.30. The summed E-state index contributed by atoms with van der Waals surface area (Å²) in [5.74, 6) is 1.97. The van der Waals surface area contributed by atoms with E-state index in [0.717, 1.165) is 36.1 Å². The molecule has 1 heterocycles. The van der Waals surface area contributed by atoms with E-state index < -0.39 is 0 Å². The number of aromatic nitrogens is 3. The average Bonchev–Trinajstić information content (AvgIpc) is 3.20. The maximum Gasteiger partial charge on any atom is 0.225 e. The molecule has 2 saturated carbocycles. The van der Waals surface area contributed by atoms with Crippen LogP contribution in [0.15, 0.2) is 0 Å². The van der Waals surface area contributed by atoms with Crippen LogP contribution in [-0.2, 0) is 0 Å². The molecular formula is C15H26N4S. The number of aromatic amines is 1. The molecule has 5 heteroatoms. The third kappa shape index (κ3) is 3.08. The molecule has 2 aliphatic carbocycles. The number of anilines is 1. The quantitative estimate of drug-likeness (QED) is 0.803. The summed E-state index contributed by atoms with van der Waals surface area (Å²) in [4.78, 5) is 2.46. The minimum Gasteiger partial charge on any atom is -0.341 e. The van der Waals surface area contributed by atoms with Crippen molar-refractivity contribution in [3.8, 4) is 0 Å². The number of rotatable bonds is 6. The summed E-state index contributed by atoms with van der Waals surface area (Å²) in [5, 5.41) is 7.60. The molecule has 2 aliphatic rings. The monoisotopic (exact) mass is 294 g/mol. The van der Waals surface area contributed by atoms with E-state index in [-0.39, 0.29) is 0 Å². The second-order valence-corrected chi connectivity index (χ2v) is 6.77. The predicted molar refractivity (Wildman–Crippen MR) is 84.8 cm³/mol. The Kier molecular flexibility index (Phi) is 4.44. The van der Waals surface area contributed by atoms with Gasteiger partial charge in [0, 0.05) is 19.1 Å². The highest BCUT2D eigenvalue weighted by Crippen LogP contribution is 2.34. The fourth-order valence-corrected chi connectivity index (χ4v) is 3.62. The highest BCUT2D eigenvalue weighted by molar-refractivity contribution is 7.71. The number of nitrogens with one attached hydrogen (secondary N) is 1. The van der Waals surface area contributed by atoms with Crippen LogP contribution in [0.25, 0.3) is 0 Å². The van der Waals surface area contributed by atoms with Gasteiger partial charge in [-0.2, -0.15) is 0 Å². The maximum atomic E-state index is 5.50. The minimum absolute atomic E-state index is 0.559. The normalized spacial score (nSPS) is 20.2. The lowest BCUT2D eigenvalue weighted by molar-refractivity contribution is 0.349. The highest BCUT2D eigenvalue weighted by Gasteiger charge is 2.28. The third-order valence-corrected chi connectivity index (χ3v) is 4.87. The molecule has 1 aromatic heterocycles. The maximum absolute atomic E-state index is 5.50. The summed E-state index contributed by atoms with van der Waals surface area (Å²) in [6.45, 7) is 4.48. The van der Waals surface area contributed by atoms with Crippen LogP contribution < -0.4 is 4.90 Å². The van der Waals surface area contributed by atoms with Gasteiger partial charge in [-0.05, 0) is 50.2 Å². The zero-order chi connectivity index (χ0) is 13.9. The van der Waals surface area contributed by atoms with E-state index >= 15 is 0 Å². The highest BCUT2D eigenvalue weighted by atomic mass is 32.1. The molecule has 0 amide bonds. The number of hydrogen-bond donors (Lipinski definition) is 1. The lowest BCUT2D eigenvalue weighted by Gasteiger charge is -2.29. The zero-order valence-electron chi connectivity index (χ0n) is 12.5. The second-order valence-electron chi connectivity index (χ2n) is 6.38. The van der Waals surface area contributed by atoms with E-state index in [1.165, 1.54) is 44.9 Å². The third-order valence-electron chi connectivity index (χ3n) is 4.58. The largest absolute Gasteiger partial charge is 0.341 e. The molecule has 1 aromatic rings. The van der Waals surface area contributed by atoms with Gasteiger partial charge in [-0.25, -0.2) is 5.10 Å². The van der Waals surface area contributed by atoms with E-state index in [9.17, 15) is 0 Å². The Morgan fingerprint density at radius 3 is 2.65 bits per heavy atom. The lowest BCUT2D eigenvalue weighted by atomic mass is 9.95. The minimum atomic E-state index is 0.559. The molecule has 2 fully saturated rings. The molecule has 1 N–H and O–H groups in total. The van der Waals surface area contributed by atoms with Gasteiger partial charge in [-0.1, -0.05) is 26.2 Å². The first kappa shape index (κ1) is 14.1. The molecule has 0 atom stereocenters. The second kappa shape index (κ2) is 6.29. The van der Waals surface area contributed by atoms with Crippen LogP contribution in [-0.4, -0.2) is 27.9 Å². The van der Waals surface area contributed by atoms with Gasteiger partial charge in [-0.15, -0.1) is 5.10 Å². The molecule has 0 radical (unpaired) electrons. The van der Waals surface area contributed by atoms with Gasteiger partial charge in [0.25, 0.3) is 0 Å². The standard InChI is InChI=1S/C15H26N4S/c1-2-10-18(11-12-8-9-12)14-16-17-15(20)19(14)13-6-4-3-5-7-13/h12-13H,2-11H2,1H3,(H,17,20). The van der Waals surface area contributed by atoms with Gasteiger partial charge in [0.05, 0.1) is 0 Å². The summed E-state index contributed by atoms with van der Waals surface area (Å²) in [6, 6.07) is 0.559. The molecule has 112 valence electrons. The van der Waals surface area contributed by atoms with Crippen molar-refractivity contribution in [2.75, 3.05) is 18.0 Å². The van der Waals surface area contributed by atoms with Crippen LogP contribution >= 0.6 is 12.2 Å². The van der Waals surface area contributed by atoms with Crippen molar-refractivity contribution >= 4 is 18.2 Å². The van der Waals surface area contributed by atoms with Crippen LogP contribution in [0.2, 0.25) is 0 Å². The Bertz CT molecular complexity index is 482. The molecule has 4 nitrogen and oxygen atoms in total. The van der Waals surface area contributed by atoms with Gasteiger partial charge in [0.15, 0.2) is 4.77 Å². The number of hydrogen-bond acceptors (Lipinski definition) is 3. The van der Waals surface area contributed by atoms with Gasteiger partial charge in [0.1, 0.15) is 0 Å². The molecule has 0 bridgehead atoms. The van der Waals surface area contributed by atoms with Gasteiger partial charge < -0.3 is 4.90 Å². The zero-order valence-corrected chi connectivity index (χ0v) is 13.3. The van der Waals surface area contributed by atoms with E-state index in [1.807, 2.05) is 0 Å². The fourth-order valence-electron chi connectivity index (χ4n) is 3.34. The van der Waals surface area contributed by atoms with E-state index in [1.54, 1.807) is 0 Å². The van der Waals surface area contributed by atoms with Crippen LogP contribution in [0.3, 0.4) is 0 Å². The fraction of sp³-hybridized carbons (Fsp3) is 0.867. The van der Waals surface area contributed by atoms with Gasteiger partial charge >= 0.3 is 0 Å². The van der Waals surface area contributed by atoms with Crippen molar-refractivity contribution in [2.24, 2.45) is 5.92 Å². The first-order valence-electron chi connectivity index (χ1n) is 8.21. The predicted octanol–water partition coefficient (Wildman–Crippen LogP) is 4.07. The SMILES string of the molecule is CCCN(CC1CC1)c1n[nH]c(=S)n1C1CCCCC1. The van der Waals surface area contributed by atoms with Crippen molar-refractivity contribution in [2.45, 2.75) is 64.3 Å². The molecular weight excluding hydrogens is 268 g/mol. The summed E-state index contributed by atoms with van der Waals surface area (Å²) in [5.41, 5.74) is 0. The Morgan fingerprint density at radius 2 is 2.00 bits per heavy atom. The van der Waals surface area contributed by atoms with Crippen molar-refractivity contribution in [3.63, 3.8) is 0 Å². The summed E-state index contributed by atoms with van der Waals surface area (Å²) < 4.78 is 3.12. The average molecular weight is 294 g/mol. The van der Waals surface area contributed by atoms with Crippen molar-refractivity contribution in [3.05, 3.63) is 4.77 Å². The summed E-state index contributed by atoms with van der Waals surface area (Å²) >= 11 is 5.50. The molecule has 0 spiro atoms. The molecule has 0 saturated heterocycles. The van der Waals surface area contributed by atoms with Crippen LogP contribution in [0, 0.1) is 10.7 Å². The van der Waals surface area contributed by atoms with Gasteiger partial charge in [-0.3, -0.25) is 4.57 Å². The molecule has 0 aromatic carbocycles. The first-order valence-corrected chi connectivity index (χ1v) is 8.62. The first-order chi connectivity index (χ1) is 9.79. The summed E-state index contributed by atoms with van der Waals surface area (Å²) in [6.07, 6.45) is 10.5. The summed E-state index contributed by atoms with van der Waals surface area (Å²) in [7, 11) is 0. The van der Waals surface area contributed by atoms with E-state index in [4.69, 9.17) is 12.2 Å². The molecule has 20 heavy (non-hydrogen) atoms. The van der Waals surface area contributed by atoms with E-state index in [2.05, 4.69) is 26.6 Å². The Hall–Kier alpha value is -0.840. The Balaban J connectivity index is 1.84. The van der Waals surface area contributed by atoms with Gasteiger partial charge in [0.2, 0.25) is 5.95 Å². The molecule has 0 aliphatic heterocycles. The van der Waals surface area contributed by atoms with Crippen LogP contribution in [0.1, 0.15) is 64.3 Å². The van der Waals surface area contributed by atoms with Crippen LogP contribution in [0.5, 0.6) is 0 Å². The molecule has 0 unspecified atom stereocenters. The smallest absolute Gasteiger partial charge is 0.225 e.